The van der Waals surface area contributed by atoms with E-state index >= 15 is 0 Å². The van der Waals surface area contributed by atoms with E-state index in [1.807, 2.05) is 91.0 Å². The molecule has 15 heteroatoms. The van der Waals surface area contributed by atoms with E-state index in [1.54, 1.807) is 24.3 Å². The van der Waals surface area contributed by atoms with Crippen molar-refractivity contribution in [2.75, 3.05) is 18.5 Å². The van der Waals surface area contributed by atoms with E-state index < -0.39 is 60.0 Å². The van der Waals surface area contributed by atoms with Crippen LogP contribution in [0.4, 0.5) is 15.3 Å². The summed E-state index contributed by atoms with van der Waals surface area (Å²) >= 11 is 0. The molecule has 0 aromatic heterocycles. The monoisotopic (exact) mass is 881 g/mol. The van der Waals surface area contributed by atoms with Crippen molar-refractivity contribution >= 4 is 41.6 Å². The Kier molecular flexibility index (Phi) is 14.2. The van der Waals surface area contributed by atoms with Crippen LogP contribution in [0.2, 0.25) is 0 Å². The fourth-order valence-corrected chi connectivity index (χ4v) is 8.08. The van der Waals surface area contributed by atoms with Gasteiger partial charge in [0.15, 0.2) is 0 Å². The summed E-state index contributed by atoms with van der Waals surface area (Å²) < 4.78 is 16.9. The molecule has 65 heavy (non-hydrogen) atoms. The topological polar surface area (TPSA) is 210 Å². The number of hydrogen-bond acceptors (Lipinski definition) is 10. The van der Waals surface area contributed by atoms with E-state index in [2.05, 4.69) is 26.6 Å². The predicted molar refractivity (Wildman–Crippen MR) is 241 cm³/mol. The Balaban J connectivity index is 0.878. The molecule has 0 fully saturated rings. The van der Waals surface area contributed by atoms with Crippen LogP contribution < -0.4 is 26.6 Å². The molecule has 5 unspecified atom stereocenters. The number of benzene rings is 5. The van der Waals surface area contributed by atoms with Crippen molar-refractivity contribution in [3.05, 3.63) is 149 Å². The van der Waals surface area contributed by atoms with Crippen molar-refractivity contribution < 1.29 is 48.1 Å². The van der Waals surface area contributed by atoms with Gasteiger partial charge < -0.3 is 45.9 Å². The number of carbonyl (C=O) groups excluding carboxylic acids is 6. The minimum Gasteiger partial charge on any atom is -0.459 e. The molecule has 2 aliphatic rings. The van der Waals surface area contributed by atoms with E-state index in [9.17, 15) is 33.9 Å². The Bertz CT molecular complexity index is 2550. The minimum absolute atomic E-state index is 0.0629. The molecule has 7 rings (SSSR count). The van der Waals surface area contributed by atoms with Gasteiger partial charge in [-0.05, 0) is 95.5 Å². The molecule has 0 spiro atoms. The van der Waals surface area contributed by atoms with Crippen LogP contribution in [0.3, 0.4) is 0 Å². The summed E-state index contributed by atoms with van der Waals surface area (Å²) in [6.07, 6.45) is -1.59. The highest BCUT2D eigenvalue weighted by Gasteiger charge is 2.33. The SMILES string of the molecule is CC(NC(=O)OCC1c2ccccc2-c2c(COC(=O)C(C)NC(=O)C(C)NC(=O)OCC3c4ccccc4-c4ccccc43)cccc21)C(=O)NC(C)C(=O)Nc1ccc(CO)cc1. The second kappa shape index (κ2) is 20.3. The molecule has 0 aliphatic heterocycles. The number of aliphatic hydroxyl groups is 1. The van der Waals surface area contributed by atoms with Crippen LogP contribution in [-0.4, -0.2) is 78.4 Å². The maximum absolute atomic E-state index is 13.2. The Labute approximate surface area is 376 Å². The molecule has 0 bridgehead atoms. The smallest absolute Gasteiger partial charge is 0.407 e. The van der Waals surface area contributed by atoms with Crippen molar-refractivity contribution in [1.29, 1.82) is 0 Å². The van der Waals surface area contributed by atoms with Gasteiger partial charge in [0.1, 0.15) is 44.0 Å². The number of alkyl carbamates (subject to hydrolysis) is 2. The number of carbonyl (C=O) groups is 6. The number of ether oxygens (including phenoxy) is 3. The molecule has 15 nitrogen and oxygen atoms in total. The molecular formula is C50H51N5O10. The molecule has 0 radical (unpaired) electrons. The summed E-state index contributed by atoms with van der Waals surface area (Å²) in [5.41, 5.74) is 9.65. The van der Waals surface area contributed by atoms with E-state index in [1.165, 1.54) is 27.7 Å². The summed E-state index contributed by atoms with van der Waals surface area (Å²) in [6, 6.07) is 31.7. The maximum Gasteiger partial charge on any atom is 0.407 e. The predicted octanol–water partition coefficient (Wildman–Crippen LogP) is 6.02. The van der Waals surface area contributed by atoms with E-state index in [4.69, 9.17) is 14.2 Å². The van der Waals surface area contributed by atoms with Crippen LogP contribution in [-0.2, 0) is 46.6 Å². The molecule has 5 atom stereocenters. The number of nitrogens with one attached hydrogen (secondary N) is 5. The normalized spacial score (nSPS) is 15.0. The van der Waals surface area contributed by atoms with Gasteiger partial charge in [0, 0.05) is 17.5 Å². The third-order valence-corrected chi connectivity index (χ3v) is 11.6. The highest BCUT2D eigenvalue weighted by molar-refractivity contribution is 5.98. The molecule has 5 aromatic carbocycles. The summed E-state index contributed by atoms with van der Waals surface area (Å²) in [4.78, 5) is 77.6. The average molecular weight is 882 g/mol. The average Bonchev–Trinajstić information content (AvgIpc) is 3.81. The van der Waals surface area contributed by atoms with Gasteiger partial charge in [0.2, 0.25) is 17.7 Å². The molecule has 5 amide bonds. The standard InChI is InChI=1S/C50H51N5O10/c1-28(47(59)55-34-22-20-32(24-56)21-23-34)51-45(57)29(2)53-50(62)65-27-43-39-17-9-10-18-40(39)44-33(12-11-19-41(43)44)25-63-48(60)31(4)52-46(58)30(3)54-49(61)64-26-42-37-15-7-5-13-35(37)36-14-6-8-16-38(36)42/h5-23,28-31,42-43,56H,24-27H2,1-4H3,(H,51,57)(H,52,58)(H,53,62)(H,54,61)(H,55,59). The van der Waals surface area contributed by atoms with Crippen molar-refractivity contribution in [2.24, 2.45) is 0 Å². The molecule has 0 saturated heterocycles. The summed E-state index contributed by atoms with van der Waals surface area (Å²) in [5.74, 6) is -2.86. The Morgan fingerprint density at radius 1 is 0.508 bits per heavy atom. The first kappa shape index (κ1) is 45.5. The quantitative estimate of drug-likeness (QED) is 0.0501. The van der Waals surface area contributed by atoms with Crippen molar-refractivity contribution in [3.63, 3.8) is 0 Å². The van der Waals surface area contributed by atoms with E-state index in [0.717, 1.165) is 44.5 Å². The zero-order valence-corrected chi connectivity index (χ0v) is 36.4. The fourth-order valence-electron chi connectivity index (χ4n) is 8.08. The van der Waals surface area contributed by atoms with Crippen LogP contribution in [0.1, 0.15) is 72.9 Å². The Morgan fingerprint density at radius 3 is 1.52 bits per heavy atom. The van der Waals surface area contributed by atoms with Crippen LogP contribution in [0.5, 0.6) is 0 Å². The molecule has 336 valence electrons. The first-order valence-corrected chi connectivity index (χ1v) is 21.4. The third-order valence-electron chi connectivity index (χ3n) is 11.6. The largest absolute Gasteiger partial charge is 0.459 e. The second-order valence-electron chi connectivity index (χ2n) is 16.1. The van der Waals surface area contributed by atoms with Crippen molar-refractivity contribution in [1.82, 2.24) is 21.3 Å². The molecule has 0 saturated carbocycles. The lowest BCUT2D eigenvalue weighted by atomic mass is 9.97. The van der Waals surface area contributed by atoms with Gasteiger partial charge in [-0.15, -0.1) is 0 Å². The number of anilines is 1. The molecule has 2 aliphatic carbocycles. The van der Waals surface area contributed by atoms with Crippen LogP contribution in [0, 0.1) is 0 Å². The van der Waals surface area contributed by atoms with Crippen molar-refractivity contribution in [3.8, 4) is 22.3 Å². The summed E-state index contributed by atoms with van der Waals surface area (Å²) in [7, 11) is 0. The van der Waals surface area contributed by atoms with Gasteiger partial charge in [-0.3, -0.25) is 14.4 Å². The van der Waals surface area contributed by atoms with Crippen LogP contribution in [0.15, 0.2) is 115 Å². The molecule has 6 N–H and O–H groups in total. The van der Waals surface area contributed by atoms with Crippen LogP contribution >= 0.6 is 0 Å². The van der Waals surface area contributed by atoms with E-state index in [-0.39, 0.29) is 38.3 Å². The lowest BCUT2D eigenvalue weighted by Gasteiger charge is -2.20. The summed E-state index contributed by atoms with van der Waals surface area (Å²) in [6.45, 7) is 5.75. The number of esters is 1. The lowest BCUT2D eigenvalue weighted by Crippen LogP contribution is -2.50. The van der Waals surface area contributed by atoms with E-state index in [0.29, 0.717) is 16.8 Å². The highest BCUT2D eigenvalue weighted by Crippen LogP contribution is 2.47. The Morgan fingerprint density at radius 2 is 0.969 bits per heavy atom. The highest BCUT2D eigenvalue weighted by atomic mass is 16.6. The number of amides is 5. The van der Waals surface area contributed by atoms with Gasteiger partial charge in [0.05, 0.1) is 6.61 Å². The number of fused-ring (bicyclic) bond motifs is 6. The van der Waals surface area contributed by atoms with Gasteiger partial charge in [-0.25, -0.2) is 14.4 Å². The number of hydrogen-bond donors (Lipinski definition) is 6. The second-order valence-corrected chi connectivity index (χ2v) is 16.1. The first-order chi connectivity index (χ1) is 31.3. The maximum atomic E-state index is 13.2. The minimum atomic E-state index is -1.04. The zero-order valence-electron chi connectivity index (χ0n) is 36.4. The lowest BCUT2D eigenvalue weighted by molar-refractivity contribution is -0.148. The molecule has 5 aromatic rings. The molecule has 0 heterocycles. The number of rotatable bonds is 16. The summed E-state index contributed by atoms with van der Waals surface area (Å²) in [5, 5.41) is 22.2. The van der Waals surface area contributed by atoms with Crippen LogP contribution in [0.25, 0.3) is 22.3 Å². The fraction of sp³-hybridized carbons (Fsp3) is 0.280. The zero-order chi connectivity index (χ0) is 46.2. The third kappa shape index (κ3) is 10.5. The van der Waals surface area contributed by atoms with Gasteiger partial charge in [-0.1, -0.05) is 103 Å². The van der Waals surface area contributed by atoms with Gasteiger partial charge in [0.25, 0.3) is 0 Å². The van der Waals surface area contributed by atoms with Crippen molar-refractivity contribution in [2.45, 2.75) is 76.9 Å². The first-order valence-electron chi connectivity index (χ1n) is 21.4. The molecular weight excluding hydrogens is 831 g/mol. The Hall–Kier alpha value is -7.52. The van der Waals surface area contributed by atoms with Gasteiger partial charge in [-0.2, -0.15) is 0 Å². The number of aliphatic hydroxyl groups excluding tert-OH is 1. The van der Waals surface area contributed by atoms with Gasteiger partial charge >= 0.3 is 18.2 Å².